The van der Waals surface area contributed by atoms with E-state index in [9.17, 15) is 9.59 Å². The lowest BCUT2D eigenvalue weighted by atomic mass is 9.84. The van der Waals surface area contributed by atoms with Crippen molar-refractivity contribution in [3.63, 3.8) is 0 Å². The van der Waals surface area contributed by atoms with E-state index in [0.717, 1.165) is 25.7 Å². The topological polar surface area (TPSA) is 82.0 Å². The van der Waals surface area contributed by atoms with Crippen LogP contribution in [-0.4, -0.2) is 24.4 Å². The number of amides is 2. The maximum atomic E-state index is 12.1. The van der Waals surface area contributed by atoms with E-state index in [4.69, 9.17) is 5.26 Å². The molecule has 2 amide bonds. The molecular weight excluding hydrogens is 266 g/mol. The number of hydrogen-bond acceptors (Lipinski definition) is 3. The molecule has 1 aliphatic carbocycles. The lowest BCUT2D eigenvalue weighted by Gasteiger charge is -2.26. The van der Waals surface area contributed by atoms with Crippen LogP contribution in [0.1, 0.15) is 64.7 Å². The van der Waals surface area contributed by atoms with E-state index in [2.05, 4.69) is 10.6 Å². The summed E-state index contributed by atoms with van der Waals surface area (Å²) in [6.07, 6.45) is 8.90. The summed E-state index contributed by atoms with van der Waals surface area (Å²) < 4.78 is 0. The Morgan fingerprint density at radius 3 is 2.62 bits per heavy atom. The number of nitrogens with one attached hydrogen (secondary N) is 2. The maximum absolute atomic E-state index is 12.1. The Balaban J connectivity index is 2.53. The van der Waals surface area contributed by atoms with Gasteiger partial charge in [-0.15, -0.1) is 0 Å². The van der Waals surface area contributed by atoms with Gasteiger partial charge in [-0.3, -0.25) is 9.59 Å². The summed E-state index contributed by atoms with van der Waals surface area (Å²) in [5, 5.41) is 14.0. The summed E-state index contributed by atoms with van der Waals surface area (Å²) in [5.41, 5.74) is 0. The zero-order valence-corrected chi connectivity index (χ0v) is 13.0. The molecule has 1 fully saturated rings. The van der Waals surface area contributed by atoms with Crippen LogP contribution in [-0.2, 0) is 9.59 Å². The van der Waals surface area contributed by atoms with Gasteiger partial charge in [0, 0.05) is 6.42 Å². The number of rotatable bonds is 8. The molecular formula is C16H27N3O2. The summed E-state index contributed by atoms with van der Waals surface area (Å²) >= 11 is 0. The van der Waals surface area contributed by atoms with Gasteiger partial charge < -0.3 is 10.6 Å². The lowest BCUT2D eigenvalue weighted by molar-refractivity contribution is -0.129. The number of nitrogens with zero attached hydrogens (tertiary/aromatic N) is 1. The van der Waals surface area contributed by atoms with Crippen LogP contribution in [0.3, 0.4) is 0 Å². The molecule has 2 N–H and O–H groups in total. The summed E-state index contributed by atoms with van der Waals surface area (Å²) in [4.78, 5) is 24.0. The Labute approximate surface area is 127 Å². The van der Waals surface area contributed by atoms with Gasteiger partial charge in [0.15, 0.2) is 0 Å². The summed E-state index contributed by atoms with van der Waals surface area (Å²) in [6.45, 7) is 2.03. The Morgan fingerprint density at radius 2 is 2.00 bits per heavy atom. The normalized spacial score (nSPS) is 16.8. The minimum Gasteiger partial charge on any atom is -0.344 e. The van der Waals surface area contributed by atoms with Crippen LogP contribution in [0.2, 0.25) is 0 Å². The average molecular weight is 293 g/mol. The lowest BCUT2D eigenvalue weighted by Crippen LogP contribution is -2.47. The summed E-state index contributed by atoms with van der Waals surface area (Å²) in [6, 6.07) is 1.41. The van der Waals surface area contributed by atoms with Gasteiger partial charge in [0.2, 0.25) is 11.8 Å². The van der Waals surface area contributed by atoms with Crippen LogP contribution in [0.15, 0.2) is 0 Å². The predicted molar refractivity (Wildman–Crippen MR) is 81.3 cm³/mol. The summed E-state index contributed by atoms with van der Waals surface area (Å²) in [5.74, 6) is 0.208. The minimum atomic E-state index is -0.495. The fraction of sp³-hybridized carbons (Fsp3) is 0.812. The first-order chi connectivity index (χ1) is 10.2. The molecule has 1 rings (SSSR count). The van der Waals surface area contributed by atoms with E-state index in [0.29, 0.717) is 18.8 Å². The Kier molecular flexibility index (Phi) is 8.49. The highest BCUT2D eigenvalue weighted by Gasteiger charge is 2.25. The largest absolute Gasteiger partial charge is 0.344 e. The summed E-state index contributed by atoms with van der Waals surface area (Å²) in [7, 11) is 0. The van der Waals surface area contributed by atoms with Gasteiger partial charge in [-0.1, -0.05) is 45.4 Å². The van der Waals surface area contributed by atoms with Crippen LogP contribution in [0.25, 0.3) is 0 Å². The van der Waals surface area contributed by atoms with E-state index >= 15 is 0 Å². The van der Waals surface area contributed by atoms with E-state index in [1.807, 2.05) is 13.0 Å². The van der Waals surface area contributed by atoms with E-state index in [1.54, 1.807) is 0 Å². The highest BCUT2D eigenvalue weighted by molar-refractivity contribution is 5.87. The van der Waals surface area contributed by atoms with Crippen LogP contribution >= 0.6 is 0 Å². The SMILES string of the molecule is CCCCC(=O)N[C@@H](CC1CCCCC1)C(=O)NCC#N. The van der Waals surface area contributed by atoms with Gasteiger partial charge in [-0.05, 0) is 18.8 Å². The van der Waals surface area contributed by atoms with Gasteiger partial charge in [0.05, 0.1) is 6.07 Å². The van der Waals surface area contributed by atoms with Crippen molar-refractivity contribution in [3.8, 4) is 6.07 Å². The third-order valence-electron chi connectivity index (χ3n) is 4.04. The van der Waals surface area contributed by atoms with Crippen molar-refractivity contribution in [2.75, 3.05) is 6.54 Å². The first-order valence-corrected chi connectivity index (χ1v) is 8.11. The molecule has 5 heteroatoms. The highest BCUT2D eigenvalue weighted by atomic mass is 16.2. The predicted octanol–water partition coefficient (Wildman–Crippen LogP) is 2.27. The van der Waals surface area contributed by atoms with Gasteiger partial charge in [0.1, 0.15) is 12.6 Å². The van der Waals surface area contributed by atoms with E-state index < -0.39 is 6.04 Å². The van der Waals surface area contributed by atoms with Crippen molar-refractivity contribution >= 4 is 11.8 Å². The van der Waals surface area contributed by atoms with Crippen molar-refractivity contribution in [2.45, 2.75) is 70.8 Å². The highest BCUT2D eigenvalue weighted by Crippen LogP contribution is 2.27. The molecule has 1 saturated carbocycles. The van der Waals surface area contributed by atoms with Gasteiger partial charge in [-0.25, -0.2) is 0 Å². The second kappa shape index (κ2) is 10.2. The molecule has 0 radical (unpaired) electrons. The fourth-order valence-electron chi connectivity index (χ4n) is 2.84. The van der Waals surface area contributed by atoms with Crippen LogP contribution in [0, 0.1) is 17.2 Å². The molecule has 0 saturated heterocycles. The smallest absolute Gasteiger partial charge is 0.243 e. The number of unbranched alkanes of at least 4 members (excludes halogenated alkanes) is 1. The Morgan fingerprint density at radius 1 is 1.29 bits per heavy atom. The third kappa shape index (κ3) is 7.12. The Hall–Kier alpha value is -1.57. The number of carbonyl (C=O) groups is 2. The third-order valence-corrected chi connectivity index (χ3v) is 4.04. The molecule has 0 bridgehead atoms. The molecule has 0 unspecified atom stereocenters. The number of carbonyl (C=O) groups excluding carboxylic acids is 2. The van der Waals surface area contributed by atoms with Crippen molar-refractivity contribution in [2.24, 2.45) is 5.92 Å². The molecule has 0 aromatic heterocycles. The van der Waals surface area contributed by atoms with Crippen molar-refractivity contribution in [1.82, 2.24) is 10.6 Å². The molecule has 21 heavy (non-hydrogen) atoms. The molecule has 0 aromatic rings. The first-order valence-electron chi connectivity index (χ1n) is 8.11. The number of hydrogen-bond donors (Lipinski definition) is 2. The molecule has 0 spiro atoms. The van der Waals surface area contributed by atoms with Crippen molar-refractivity contribution in [1.29, 1.82) is 5.26 Å². The standard InChI is InChI=1S/C16H27N3O2/c1-2-3-9-15(20)19-14(16(21)18-11-10-17)12-13-7-5-4-6-8-13/h13-14H,2-9,11-12H2,1H3,(H,18,21)(H,19,20)/t14-/m0/s1. The average Bonchev–Trinajstić information content (AvgIpc) is 2.51. The van der Waals surface area contributed by atoms with Crippen molar-refractivity contribution in [3.05, 3.63) is 0 Å². The van der Waals surface area contributed by atoms with Crippen LogP contribution in [0.5, 0.6) is 0 Å². The van der Waals surface area contributed by atoms with Gasteiger partial charge >= 0.3 is 0 Å². The quantitative estimate of drug-likeness (QED) is 0.673. The minimum absolute atomic E-state index is 0.00910. The van der Waals surface area contributed by atoms with Crippen molar-refractivity contribution < 1.29 is 9.59 Å². The molecule has 0 aromatic carbocycles. The zero-order valence-electron chi connectivity index (χ0n) is 13.0. The first kappa shape index (κ1) is 17.5. The monoisotopic (exact) mass is 293 g/mol. The second-order valence-corrected chi connectivity index (χ2v) is 5.84. The van der Waals surface area contributed by atoms with E-state index in [-0.39, 0.29) is 18.4 Å². The Bertz CT molecular complexity index is 370. The maximum Gasteiger partial charge on any atom is 0.243 e. The molecule has 5 nitrogen and oxygen atoms in total. The molecule has 1 atom stereocenters. The van der Waals surface area contributed by atoms with Gasteiger partial charge in [0.25, 0.3) is 0 Å². The number of nitriles is 1. The molecule has 0 aliphatic heterocycles. The molecule has 1 aliphatic rings. The molecule has 118 valence electrons. The van der Waals surface area contributed by atoms with Crippen LogP contribution < -0.4 is 10.6 Å². The second-order valence-electron chi connectivity index (χ2n) is 5.84. The van der Waals surface area contributed by atoms with Crippen LogP contribution in [0.4, 0.5) is 0 Å². The fourth-order valence-corrected chi connectivity index (χ4v) is 2.84. The molecule has 0 heterocycles. The van der Waals surface area contributed by atoms with Gasteiger partial charge in [-0.2, -0.15) is 5.26 Å². The van der Waals surface area contributed by atoms with E-state index in [1.165, 1.54) is 19.3 Å². The zero-order chi connectivity index (χ0) is 15.5.